The Morgan fingerprint density at radius 2 is 1.86 bits per heavy atom. The third-order valence-corrected chi connectivity index (χ3v) is 7.24. The summed E-state index contributed by atoms with van der Waals surface area (Å²) in [6.07, 6.45) is 1.15. The largest absolute Gasteiger partial charge is 0.357 e. The van der Waals surface area contributed by atoms with E-state index in [1.807, 2.05) is 26.1 Å². The standard InChI is InChI=1S/C19H31N5O2S.HI/c1-4-20-19(22-17-13-15(17)2)21-14-16-7-5-6-8-18(16)27(25,26)24-11-9-23(3)10-12-24;/h5-8,15,17H,4,9-14H2,1-3H3,(H2,20,21,22);1H. The highest BCUT2D eigenvalue weighted by Crippen LogP contribution is 2.29. The molecular weight excluding hydrogens is 489 g/mol. The minimum absolute atomic E-state index is 0. The van der Waals surface area contributed by atoms with Gasteiger partial charge in [-0.1, -0.05) is 25.1 Å². The number of nitrogens with zero attached hydrogens (tertiary/aromatic N) is 3. The van der Waals surface area contributed by atoms with E-state index >= 15 is 0 Å². The van der Waals surface area contributed by atoms with Gasteiger partial charge in [0.05, 0.1) is 11.4 Å². The molecule has 28 heavy (non-hydrogen) atoms. The van der Waals surface area contributed by atoms with Gasteiger partial charge < -0.3 is 15.5 Å². The van der Waals surface area contributed by atoms with E-state index in [1.54, 1.807) is 16.4 Å². The Morgan fingerprint density at radius 1 is 1.21 bits per heavy atom. The van der Waals surface area contributed by atoms with Gasteiger partial charge in [-0.05, 0) is 37.9 Å². The van der Waals surface area contributed by atoms with Gasteiger partial charge in [0.15, 0.2) is 5.96 Å². The maximum absolute atomic E-state index is 13.1. The van der Waals surface area contributed by atoms with Gasteiger partial charge in [0.2, 0.25) is 10.0 Å². The molecule has 2 N–H and O–H groups in total. The number of likely N-dealkylation sites (N-methyl/N-ethyl adjacent to an activating group) is 1. The summed E-state index contributed by atoms with van der Waals surface area (Å²) < 4.78 is 27.9. The molecule has 0 bridgehead atoms. The Hall–Kier alpha value is -0.910. The van der Waals surface area contributed by atoms with Crippen LogP contribution in [0.1, 0.15) is 25.8 Å². The highest BCUT2D eigenvalue weighted by atomic mass is 127. The van der Waals surface area contributed by atoms with Gasteiger partial charge in [0.1, 0.15) is 0 Å². The average Bonchev–Trinajstić information content (AvgIpc) is 3.35. The molecule has 1 heterocycles. The van der Waals surface area contributed by atoms with Crippen LogP contribution in [0.25, 0.3) is 0 Å². The van der Waals surface area contributed by atoms with E-state index in [9.17, 15) is 8.42 Å². The number of sulfonamides is 1. The first kappa shape index (κ1) is 23.4. The van der Waals surface area contributed by atoms with Crippen molar-refractivity contribution in [1.82, 2.24) is 19.8 Å². The number of piperazine rings is 1. The minimum Gasteiger partial charge on any atom is -0.357 e. The van der Waals surface area contributed by atoms with Gasteiger partial charge in [-0.15, -0.1) is 24.0 Å². The predicted molar refractivity (Wildman–Crippen MR) is 124 cm³/mol. The fourth-order valence-corrected chi connectivity index (χ4v) is 4.87. The number of hydrogen-bond acceptors (Lipinski definition) is 4. The number of guanidine groups is 1. The van der Waals surface area contributed by atoms with Crippen LogP contribution in [-0.2, 0) is 16.6 Å². The van der Waals surface area contributed by atoms with Gasteiger partial charge >= 0.3 is 0 Å². The summed E-state index contributed by atoms with van der Waals surface area (Å²) in [7, 11) is -1.48. The number of aliphatic imine (C=N–C) groups is 1. The topological polar surface area (TPSA) is 77.0 Å². The van der Waals surface area contributed by atoms with Crippen LogP contribution in [0.2, 0.25) is 0 Å². The van der Waals surface area contributed by atoms with E-state index in [4.69, 9.17) is 0 Å². The number of benzene rings is 1. The molecule has 1 aliphatic carbocycles. The van der Waals surface area contributed by atoms with Crippen LogP contribution >= 0.6 is 24.0 Å². The number of nitrogens with one attached hydrogen (secondary N) is 2. The Labute approximate surface area is 186 Å². The molecule has 2 unspecified atom stereocenters. The number of halogens is 1. The first-order valence-electron chi connectivity index (χ1n) is 9.73. The van der Waals surface area contributed by atoms with E-state index < -0.39 is 10.0 Å². The molecule has 0 radical (unpaired) electrons. The minimum atomic E-state index is -3.50. The molecule has 2 atom stereocenters. The summed E-state index contributed by atoms with van der Waals surface area (Å²) in [5.41, 5.74) is 0.734. The molecule has 7 nitrogen and oxygen atoms in total. The van der Waals surface area contributed by atoms with Gasteiger partial charge in [-0.25, -0.2) is 13.4 Å². The molecule has 0 spiro atoms. The van der Waals surface area contributed by atoms with Gasteiger partial charge in [-0.3, -0.25) is 0 Å². The van der Waals surface area contributed by atoms with Crippen LogP contribution in [0, 0.1) is 5.92 Å². The van der Waals surface area contributed by atoms with E-state index in [-0.39, 0.29) is 24.0 Å². The number of rotatable bonds is 6. The molecule has 1 aromatic rings. The molecule has 1 saturated carbocycles. The van der Waals surface area contributed by atoms with Crippen LogP contribution in [0.15, 0.2) is 34.2 Å². The number of hydrogen-bond donors (Lipinski definition) is 2. The molecule has 1 saturated heterocycles. The van der Waals surface area contributed by atoms with Crippen molar-refractivity contribution in [2.45, 2.75) is 37.8 Å². The van der Waals surface area contributed by atoms with Crippen LogP contribution in [0.4, 0.5) is 0 Å². The van der Waals surface area contributed by atoms with E-state index in [0.717, 1.165) is 37.6 Å². The van der Waals surface area contributed by atoms with Crippen molar-refractivity contribution in [1.29, 1.82) is 0 Å². The smallest absolute Gasteiger partial charge is 0.243 e. The lowest BCUT2D eigenvalue weighted by Crippen LogP contribution is -2.47. The molecule has 2 fully saturated rings. The maximum Gasteiger partial charge on any atom is 0.243 e. The zero-order valence-electron chi connectivity index (χ0n) is 16.9. The third-order valence-electron chi connectivity index (χ3n) is 5.24. The summed E-state index contributed by atoms with van der Waals surface area (Å²) in [6.45, 7) is 7.91. The molecular formula is C19H32IN5O2S. The van der Waals surface area contributed by atoms with Crippen LogP contribution in [0.5, 0.6) is 0 Å². The van der Waals surface area contributed by atoms with Crippen molar-refractivity contribution < 1.29 is 8.42 Å². The van der Waals surface area contributed by atoms with Crippen LogP contribution < -0.4 is 10.6 Å². The van der Waals surface area contributed by atoms with Crippen molar-refractivity contribution in [3.05, 3.63) is 29.8 Å². The van der Waals surface area contributed by atoms with E-state index in [2.05, 4.69) is 27.4 Å². The Balaban J connectivity index is 0.00000280. The van der Waals surface area contributed by atoms with Crippen molar-refractivity contribution >= 4 is 40.0 Å². The second-order valence-electron chi connectivity index (χ2n) is 7.47. The van der Waals surface area contributed by atoms with Crippen molar-refractivity contribution in [2.75, 3.05) is 39.8 Å². The quantitative estimate of drug-likeness (QED) is 0.339. The average molecular weight is 521 g/mol. The second kappa shape index (κ2) is 10.2. The highest BCUT2D eigenvalue weighted by molar-refractivity contribution is 14.0. The lowest BCUT2D eigenvalue weighted by molar-refractivity contribution is 0.222. The molecule has 2 aliphatic rings. The van der Waals surface area contributed by atoms with Crippen molar-refractivity contribution in [3.8, 4) is 0 Å². The fraction of sp³-hybridized carbons (Fsp3) is 0.632. The highest BCUT2D eigenvalue weighted by Gasteiger charge is 2.33. The normalized spacial score (nSPS) is 23.8. The molecule has 0 aromatic heterocycles. The molecule has 0 amide bonds. The monoisotopic (exact) mass is 521 g/mol. The first-order chi connectivity index (χ1) is 12.9. The Morgan fingerprint density at radius 3 is 2.46 bits per heavy atom. The molecule has 1 aliphatic heterocycles. The van der Waals surface area contributed by atoms with Crippen molar-refractivity contribution in [3.63, 3.8) is 0 Å². The third kappa shape index (κ3) is 5.80. The maximum atomic E-state index is 13.1. The summed E-state index contributed by atoms with van der Waals surface area (Å²) in [5, 5.41) is 6.66. The van der Waals surface area contributed by atoms with Gasteiger partial charge in [0, 0.05) is 38.8 Å². The SMILES string of the molecule is CCNC(=NCc1ccccc1S(=O)(=O)N1CCN(C)CC1)NC1CC1C.I. The van der Waals surface area contributed by atoms with E-state index in [1.165, 1.54) is 0 Å². The zero-order chi connectivity index (χ0) is 19.4. The van der Waals surface area contributed by atoms with Gasteiger partial charge in [0.25, 0.3) is 0 Å². The van der Waals surface area contributed by atoms with Crippen LogP contribution in [0.3, 0.4) is 0 Å². The van der Waals surface area contributed by atoms with Gasteiger partial charge in [-0.2, -0.15) is 4.31 Å². The Kier molecular flexibility index (Phi) is 8.53. The molecule has 3 rings (SSSR count). The summed E-state index contributed by atoms with van der Waals surface area (Å²) in [5.74, 6) is 1.41. The lowest BCUT2D eigenvalue weighted by atomic mass is 10.2. The molecule has 9 heteroatoms. The van der Waals surface area contributed by atoms with Crippen molar-refractivity contribution in [2.24, 2.45) is 10.9 Å². The summed E-state index contributed by atoms with van der Waals surface area (Å²) >= 11 is 0. The fourth-order valence-electron chi connectivity index (χ4n) is 3.24. The lowest BCUT2D eigenvalue weighted by Gasteiger charge is -2.32. The predicted octanol–water partition coefficient (Wildman–Crippen LogP) is 1.70. The van der Waals surface area contributed by atoms with E-state index in [0.29, 0.717) is 36.5 Å². The first-order valence-corrected chi connectivity index (χ1v) is 11.2. The second-order valence-corrected chi connectivity index (χ2v) is 9.38. The summed E-state index contributed by atoms with van der Waals surface area (Å²) in [4.78, 5) is 7.15. The summed E-state index contributed by atoms with van der Waals surface area (Å²) in [6, 6.07) is 7.67. The zero-order valence-corrected chi connectivity index (χ0v) is 20.0. The molecule has 1 aromatic carbocycles. The van der Waals surface area contributed by atoms with Crippen LogP contribution in [-0.4, -0.2) is 69.4 Å². The Bertz CT molecular complexity index is 778. The molecule has 158 valence electrons.